The van der Waals surface area contributed by atoms with Gasteiger partial charge in [0, 0.05) is 6.20 Å². The van der Waals surface area contributed by atoms with E-state index < -0.39 is 5.97 Å². The first-order valence-corrected chi connectivity index (χ1v) is 8.47. The molecule has 27 heavy (non-hydrogen) atoms. The van der Waals surface area contributed by atoms with Crippen LogP contribution in [0.4, 0.5) is 23.1 Å². The highest BCUT2D eigenvalue weighted by Gasteiger charge is 2.13. The molecule has 0 aliphatic carbocycles. The number of para-hydroxylation sites is 3. The Morgan fingerprint density at radius 3 is 2.52 bits per heavy atom. The lowest BCUT2D eigenvalue weighted by molar-refractivity contribution is 0.0527. The third kappa shape index (κ3) is 4.52. The minimum Gasteiger partial charge on any atom is -0.495 e. The van der Waals surface area contributed by atoms with Gasteiger partial charge < -0.3 is 20.1 Å². The van der Waals surface area contributed by atoms with Crippen LogP contribution in [0.2, 0.25) is 0 Å². The lowest BCUT2D eigenvalue weighted by Crippen LogP contribution is -2.09. The Morgan fingerprint density at radius 2 is 1.74 bits per heavy atom. The van der Waals surface area contributed by atoms with E-state index in [1.54, 1.807) is 44.5 Å². The molecule has 0 saturated heterocycles. The van der Waals surface area contributed by atoms with Crippen molar-refractivity contribution in [2.45, 2.75) is 6.92 Å². The van der Waals surface area contributed by atoms with Crippen LogP contribution in [0.1, 0.15) is 17.3 Å². The molecule has 3 rings (SSSR count). The van der Waals surface area contributed by atoms with Gasteiger partial charge in [-0.1, -0.05) is 24.3 Å². The summed E-state index contributed by atoms with van der Waals surface area (Å²) in [6.07, 6.45) is 1.63. The van der Waals surface area contributed by atoms with Crippen molar-refractivity contribution >= 4 is 29.1 Å². The summed E-state index contributed by atoms with van der Waals surface area (Å²) in [7, 11) is 1.61. The van der Waals surface area contributed by atoms with Crippen LogP contribution in [0.25, 0.3) is 0 Å². The van der Waals surface area contributed by atoms with Crippen LogP contribution in [0, 0.1) is 0 Å². The van der Waals surface area contributed by atoms with Crippen molar-refractivity contribution in [3.63, 3.8) is 0 Å². The Balaban J connectivity index is 1.82. The monoisotopic (exact) mass is 364 g/mol. The molecule has 7 nitrogen and oxygen atoms in total. The molecule has 1 aromatic heterocycles. The standard InChI is InChI=1S/C20H20N4O3/c1-3-27-19(25)14-8-4-5-9-15(14)23-20-21-13-12-18(24-20)22-16-10-6-7-11-17(16)26-2/h4-13H,3H2,1-2H3,(H2,21,22,23,24). The number of nitrogens with zero attached hydrogens (tertiary/aromatic N) is 2. The van der Waals surface area contributed by atoms with E-state index in [2.05, 4.69) is 20.6 Å². The number of nitrogens with one attached hydrogen (secondary N) is 2. The van der Waals surface area contributed by atoms with Crippen LogP contribution in [0.5, 0.6) is 5.75 Å². The van der Waals surface area contributed by atoms with Crippen molar-refractivity contribution < 1.29 is 14.3 Å². The van der Waals surface area contributed by atoms with Crippen molar-refractivity contribution in [2.24, 2.45) is 0 Å². The largest absolute Gasteiger partial charge is 0.495 e. The van der Waals surface area contributed by atoms with Crippen molar-refractivity contribution in [3.8, 4) is 5.75 Å². The molecule has 7 heteroatoms. The second-order valence-electron chi connectivity index (χ2n) is 5.48. The highest BCUT2D eigenvalue weighted by atomic mass is 16.5. The number of ether oxygens (including phenoxy) is 2. The summed E-state index contributed by atoms with van der Waals surface area (Å²) in [5.41, 5.74) is 1.79. The highest BCUT2D eigenvalue weighted by Crippen LogP contribution is 2.27. The Labute approximate surface area is 157 Å². The van der Waals surface area contributed by atoms with Crippen LogP contribution >= 0.6 is 0 Å². The number of carbonyl (C=O) groups excluding carboxylic acids is 1. The number of hydrogen-bond acceptors (Lipinski definition) is 7. The molecule has 0 saturated carbocycles. The fourth-order valence-electron chi connectivity index (χ4n) is 2.47. The summed E-state index contributed by atoms with van der Waals surface area (Å²) in [5.74, 6) is 1.25. The summed E-state index contributed by atoms with van der Waals surface area (Å²) in [6.45, 7) is 2.08. The number of aromatic nitrogens is 2. The van der Waals surface area contributed by atoms with Crippen molar-refractivity contribution in [2.75, 3.05) is 24.4 Å². The summed E-state index contributed by atoms with van der Waals surface area (Å²) < 4.78 is 10.4. The molecule has 0 bridgehead atoms. The van der Waals surface area contributed by atoms with Gasteiger partial charge in [0.1, 0.15) is 11.6 Å². The van der Waals surface area contributed by atoms with Gasteiger partial charge in [0.25, 0.3) is 0 Å². The van der Waals surface area contributed by atoms with Gasteiger partial charge in [0.15, 0.2) is 0 Å². The number of anilines is 4. The van der Waals surface area contributed by atoms with Gasteiger partial charge in [-0.3, -0.25) is 0 Å². The van der Waals surface area contributed by atoms with E-state index in [4.69, 9.17) is 9.47 Å². The normalized spacial score (nSPS) is 10.1. The SMILES string of the molecule is CCOC(=O)c1ccccc1Nc1nccc(Nc2ccccc2OC)n1. The maximum Gasteiger partial charge on any atom is 0.340 e. The maximum atomic E-state index is 12.1. The quantitative estimate of drug-likeness (QED) is 0.609. The molecule has 2 aromatic carbocycles. The van der Waals surface area contributed by atoms with Crippen LogP contribution in [-0.2, 0) is 4.74 Å². The van der Waals surface area contributed by atoms with E-state index in [1.807, 2.05) is 30.3 Å². The van der Waals surface area contributed by atoms with Crippen LogP contribution < -0.4 is 15.4 Å². The van der Waals surface area contributed by atoms with E-state index in [9.17, 15) is 4.79 Å². The predicted molar refractivity (Wildman–Crippen MR) is 104 cm³/mol. The van der Waals surface area contributed by atoms with E-state index in [1.165, 1.54) is 0 Å². The Bertz CT molecular complexity index is 930. The topological polar surface area (TPSA) is 85.4 Å². The van der Waals surface area contributed by atoms with E-state index in [0.717, 1.165) is 5.69 Å². The zero-order valence-corrected chi connectivity index (χ0v) is 15.1. The first-order valence-electron chi connectivity index (χ1n) is 8.47. The first-order chi connectivity index (χ1) is 13.2. The molecule has 2 N–H and O–H groups in total. The minimum atomic E-state index is -0.399. The molecule has 0 spiro atoms. The molecule has 0 radical (unpaired) electrons. The van der Waals surface area contributed by atoms with Gasteiger partial charge in [-0.25, -0.2) is 9.78 Å². The number of carbonyl (C=O) groups is 1. The van der Waals surface area contributed by atoms with Gasteiger partial charge in [0.05, 0.1) is 30.7 Å². The number of hydrogen-bond donors (Lipinski definition) is 2. The summed E-state index contributed by atoms with van der Waals surface area (Å²) >= 11 is 0. The zero-order valence-electron chi connectivity index (χ0n) is 15.1. The minimum absolute atomic E-state index is 0.308. The molecule has 0 unspecified atom stereocenters. The van der Waals surface area contributed by atoms with Gasteiger partial charge in [-0.05, 0) is 37.3 Å². The molecule has 0 atom stereocenters. The molecule has 1 heterocycles. The van der Waals surface area contributed by atoms with Crippen LogP contribution in [0.3, 0.4) is 0 Å². The van der Waals surface area contributed by atoms with Gasteiger partial charge in [-0.2, -0.15) is 4.98 Å². The van der Waals surface area contributed by atoms with Crippen LogP contribution in [0.15, 0.2) is 60.8 Å². The fraction of sp³-hybridized carbons (Fsp3) is 0.150. The molecule has 3 aromatic rings. The zero-order chi connectivity index (χ0) is 19.1. The average Bonchev–Trinajstić information content (AvgIpc) is 2.69. The molecule has 0 fully saturated rings. The number of rotatable bonds is 7. The van der Waals surface area contributed by atoms with E-state index >= 15 is 0 Å². The Hall–Kier alpha value is -3.61. The van der Waals surface area contributed by atoms with Crippen molar-refractivity contribution in [1.82, 2.24) is 9.97 Å². The number of methoxy groups -OCH3 is 1. The molecular formula is C20H20N4O3. The molecular weight excluding hydrogens is 344 g/mol. The molecule has 0 amide bonds. The smallest absolute Gasteiger partial charge is 0.340 e. The second-order valence-corrected chi connectivity index (χ2v) is 5.48. The molecule has 0 aliphatic rings. The number of esters is 1. The van der Waals surface area contributed by atoms with Crippen molar-refractivity contribution in [1.29, 1.82) is 0 Å². The van der Waals surface area contributed by atoms with E-state index in [-0.39, 0.29) is 0 Å². The third-order valence-electron chi connectivity index (χ3n) is 3.69. The van der Waals surface area contributed by atoms with Gasteiger partial charge >= 0.3 is 5.97 Å². The predicted octanol–water partition coefficient (Wildman–Crippen LogP) is 4.15. The van der Waals surface area contributed by atoms with Gasteiger partial charge in [0.2, 0.25) is 5.95 Å². The second kappa shape index (κ2) is 8.66. The maximum absolute atomic E-state index is 12.1. The average molecular weight is 364 g/mol. The summed E-state index contributed by atoms with van der Waals surface area (Å²) in [4.78, 5) is 20.8. The van der Waals surface area contributed by atoms with Crippen LogP contribution in [-0.4, -0.2) is 29.7 Å². The third-order valence-corrected chi connectivity index (χ3v) is 3.69. The first kappa shape index (κ1) is 18.2. The van der Waals surface area contributed by atoms with Gasteiger partial charge in [-0.15, -0.1) is 0 Å². The Kier molecular flexibility index (Phi) is 5.84. The molecule has 138 valence electrons. The summed E-state index contributed by atoms with van der Waals surface area (Å²) in [5, 5.41) is 6.27. The number of benzene rings is 2. The summed E-state index contributed by atoms with van der Waals surface area (Å²) in [6, 6.07) is 16.4. The fourth-order valence-corrected chi connectivity index (χ4v) is 2.47. The molecule has 0 aliphatic heterocycles. The highest BCUT2D eigenvalue weighted by molar-refractivity contribution is 5.96. The lowest BCUT2D eigenvalue weighted by Gasteiger charge is -2.12. The van der Waals surface area contributed by atoms with Crippen molar-refractivity contribution in [3.05, 3.63) is 66.4 Å². The lowest BCUT2D eigenvalue weighted by atomic mass is 10.2. The van der Waals surface area contributed by atoms with E-state index in [0.29, 0.717) is 35.4 Å². The Morgan fingerprint density at radius 1 is 1.00 bits per heavy atom.